The van der Waals surface area contributed by atoms with Gasteiger partial charge in [0.25, 0.3) is 0 Å². The fourth-order valence-electron chi connectivity index (χ4n) is 2.89. The summed E-state index contributed by atoms with van der Waals surface area (Å²) >= 11 is 0. The van der Waals surface area contributed by atoms with Gasteiger partial charge in [-0.25, -0.2) is 0 Å². The highest BCUT2D eigenvalue weighted by molar-refractivity contribution is 6.04. The predicted molar refractivity (Wildman–Crippen MR) is 113 cm³/mol. The Kier molecular flexibility index (Phi) is 6.64. The number of aryl methyl sites for hydroxylation is 1. The van der Waals surface area contributed by atoms with E-state index >= 15 is 0 Å². The number of rotatable bonds is 9. The lowest BCUT2D eigenvalue weighted by atomic mass is 10.0. The van der Waals surface area contributed by atoms with Crippen LogP contribution in [-0.2, 0) is 6.42 Å². The van der Waals surface area contributed by atoms with Gasteiger partial charge in [-0.2, -0.15) is 0 Å². The number of hydrogen-bond donors (Lipinski definition) is 0. The second-order valence-electron chi connectivity index (χ2n) is 6.47. The first-order valence-electron chi connectivity index (χ1n) is 9.41. The lowest BCUT2D eigenvalue weighted by Crippen LogP contribution is -2.05. The zero-order valence-corrected chi connectivity index (χ0v) is 16.1. The smallest absolute Gasteiger partial charge is 0.230 e. The van der Waals surface area contributed by atoms with Crippen LogP contribution in [0.15, 0.2) is 85.5 Å². The van der Waals surface area contributed by atoms with Crippen molar-refractivity contribution in [2.24, 2.45) is 0 Å². The molecule has 3 aromatic rings. The molecule has 3 rings (SSSR count). The number of carbonyl (C=O) groups excluding carboxylic acids is 1. The van der Waals surface area contributed by atoms with E-state index in [1.807, 2.05) is 24.3 Å². The molecule has 0 spiro atoms. The molecule has 0 aliphatic rings. The van der Waals surface area contributed by atoms with E-state index in [9.17, 15) is 4.79 Å². The maximum atomic E-state index is 11.5. The molecule has 0 bridgehead atoms. The molecule has 0 N–H and O–H groups in total. The summed E-state index contributed by atoms with van der Waals surface area (Å²) in [6.07, 6.45) is 3.56. The Bertz CT molecular complexity index is 908. The fourth-order valence-corrected chi connectivity index (χ4v) is 2.89. The van der Waals surface area contributed by atoms with Gasteiger partial charge in [0, 0.05) is 5.56 Å². The van der Waals surface area contributed by atoms with E-state index in [1.54, 1.807) is 24.3 Å². The molecule has 0 fully saturated rings. The van der Waals surface area contributed by atoms with Gasteiger partial charge in [0.05, 0.1) is 0 Å². The van der Waals surface area contributed by atoms with Crippen LogP contribution < -0.4 is 9.47 Å². The first-order chi connectivity index (χ1) is 13.7. The zero-order chi connectivity index (χ0) is 19.8. The molecule has 142 valence electrons. The van der Waals surface area contributed by atoms with Gasteiger partial charge >= 0.3 is 0 Å². The SMILES string of the molecule is C=CC(=O)c1ccc(OCOc2ccc(-c3ccc(CCC)cc3)cc2)cc1. The van der Waals surface area contributed by atoms with Gasteiger partial charge in [-0.05, 0) is 65.6 Å². The van der Waals surface area contributed by atoms with Crippen LogP contribution in [0.25, 0.3) is 11.1 Å². The Balaban J connectivity index is 1.53. The van der Waals surface area contributed by atoms with E-state index in [4.69, 9.17) is 9.47 Å². The molecule has 0 heterocycles. The van der Waals surface area contributed by atoms with E-state index in [-0.39, 0.29) is 12.6 Å². The summed E-state index contributed by atoms with van der Waals surface area (Å²) in [5.41, 5.74) is 4.29. The van der Waals surface area contributed by atoms with E-state index in [0.29, 0.717) is 11.3 Å². The van der Waals surface area contributed by atoms with Crippen LogP contribution in [-0.4, -0.2) is 12.6 Å². The molecular weight excluding hydrogens is 348 g/mol. The minimum absolute atomic E-state index is 0.0970. The van der Waals surface area contributed by atoms with E-state index in [2.05, 4.69) is 37.8 Å². The normalized spacial score (nSPS) is 10.3. The summed E-state index contributed by atoms with van der Waals surface area (Å²) in [6.45, 7) is 5.77. The summed E-state index contributed by atoms with van der Waals surface area (Å²) in [5.74, 6) is 1.28. The van der Waals surface area contributed by atoms with Gasteiger partial charge in [0.15, 0.2) is 5.78 Å². The highest BCUT2D eigenvalue weighted by Gasteiger charge is 2.02. The third kappa shape index (κ3) is 5.10. The summed E-state index contributed by atoms with van der Waals surface area (Å²) in [4.78, 5) is 11.5. The molecule has 0 unspecified atom stereocenters. The summed E-state index contributed by atoms with van der Waals surface area (Å²) in [6, 6.07) is 23.5. The van der Waals surface area contributed by atoms with Crippen LogP contribution in [0.2, 0.25) is 0 Å². The van der Waals surface area contributed by atoms with Crippen LogP contribution >= 0.6 is 0 Å². The number of hydrogen-bond acceptors (Lipinski definition) is 3. The number of ketones is 1. The van der Waals surface area contributed by atoms with Gasteiger partial charge in [-0.3, -0.25) is 4.79 Å². The van der Waals surface area contributed by atoms with E-state index in [0.717, 1.165) is 24.2 Å². The summed E-state index contributed by atoms with van der Waals surface area (Å²) in [5, 5.41) is 0. The van der Waals surface area contributed by atoms with Crippen molar-refractivity contribution in [1.82, 2.24) is 0 Å². The van der Waals surface area contributed by atoms with Crippen molar-refractivity contribution in [2.75, 3.05) is 6.79 Å². The second-order valence-corrected chi connectivity index (χ2v) is 6.47. The van der Waals surface area contributed by atoms with E-state index < -0.39 is 0 Å². The topological polar surface area (TPSA) is 35.5 Å². The van der Waals surface area contributed by atoms with Crippen molar-refractivity contribution < 1.29 is 14.3 Å². The molecule has 0 saturated heterocycles. The molecule has 0 radical (unpaired) electrons. The first-order valence-corrected chi connectivity index (χ1v) is 9.41. The molecule has 0 amide bonds. The van der Waals surface area contributed by atoms with Crippen LogP contribution in [0.3, 0.4) is 0 Å². The summed E-state index contributed by atoms with van der Waals surface area (Å²) < 4.78 is 11.2. The molecule has 28 heavy (non-hydrogen) atoms. The van der Waals surface area contributed by atoms with Crippen LogP contribution in [0, 0.1) is 0 Å². The molecule has 3 heteroatoms. The molecule has 0 aliphatic heterocycles. The molecule has 0 aliphatic carbocycles. The Labute approximate surface area is 166 Å². The van der Waals surface area contributed by atoms with Gasteiger partial charge in [0.1, 0.15) is 11.5 Å². The van der Waals surface area contributed by atoms with Crippen LogP contribution in [0.4, 0.5) is 0 Å². The second kappa shape index (κ2) is 9.56. The average Bonchev–Trinajstić information content (AvgIpc) is 2.75. The Hall–Kier alpha value is -3.33. The Morgan fingerprint density at radius 2 is 1.32 bits per heavy atom. The molecule has 0 atom stereocenters. The maximum absolute atomic E-state index is 11.5. The Morgan fingerprint density at radius 3 is 1.82 bits per heavy atom. The molecule has 0 aromatic heterocycles. The predicted octanol–water partition coefficient (Wildman–Crippen LogP) is 6.09. The minimum Gasteiger partial charge on any atom is -0.458 e. The first kappa shape index (κ1) is 19.4. The Morgan fingerprint density at radius 1 is 0.821 bits per heavy atom. The van der Waals surface area contributed by atoms with Crippen molar-refractivity contribution in [3.8, 4) is 22.6 Å². The monoisotopic (exact) mass is 372 g/mol. The number of ether oxygens (including phenoxy) is 2. The molecule has 3 aromatic carbocycles. The summed E-state index contributed by atoms with van der Waals surface area (Å²) in [7, 11) is 0. The standard InChI is InChI=1S/C25H24O3/c1-3-5-19-6-8-20(9-7-19)21-10-14-23(15-11-21)27-18-28-24-16-12-22(13-17-24)25(26)4-2/h4,6-17H,2-3,5,18H2,1H3. The van der Waals surface area contributed by atoms with Crippen LogP contribution in [0.1, 0.15) is 29.3 Å². The van der Waals surface area contributed by atoms with Crippen molar-refractivity contribution in [2.45, 2.75) is 19.8 Å². The zero-order valence-electron chi connectivity index (χ0n) is 16.1. The lowest BCUT2D eigenvalue weighted by Gasteiger charge is -2.10. The highest BCUT2D eigenvalue weighted by atomic mass is 16.7. The average molecular weight is 372 g/mol. The third-order valence-corrected chi connectivity index (χ3v) is 4.46. The highest BCUT2D eigenvalue weighted by Crippen LogP contribution is 2.23. The minimum atomic E-state index is -0.108. The quantitative estimate of drug-likeness (QED) is 0.259. The fraction of sp³-hybridized carbons (Fsp3) is 0.160. The van der Waals surface area contributed by atoms with Crippen molar-refractivity contribution in [3.05, 3.63) is 96.6 Å². The van der Waals surface area contributed by atoms with Gasteiger partial charge in [0.2, 0.25) is 6.79 Å². The number of carbonyl (C=O) groups is 1. The molecule has 0 saturated carbocycles. The van der Waals surface area contributed by atoms with Gasteiger partial charge in [-0.15, -0.1) is 0 Å². The van der Waals surface area contributed by atoms with Crippen LogP contribution in [0.5, 0.6) is 11.5 Å². The van der Waals surface area contributed by atoms with Gasteiger partial charge < -0.3 is 9.47 Å². The maximum Gasteiger partial charge on any atom is 0.230 e. The van der Waals surface area contributed by atoms with E-state index in [1.165, 1.54) is 17.2 Å². The van der Waals surface area contributed by atoms with Crippen molar-refractivity contribution in [1.29, 1.82) is 0 Å². The molecular formula is C25H24O3. The van der Waals surface area contributed by atoms with Crippen molar-refractivity contribution >= 4 is 5.78 Å². The van der Waals surface area contributed by atoms with Gasteiger partial charge in [-0.1, -0.05) is 56.3 Å². The molecule has 3 nitrogen and oxygen atoms in total. The number of allylic oxidation sites excluding steroid dienone is 1. The number of benzene rings is 3. The third-order valence-electron chi connectivity index (χ3n) is 4.46. The largest absolute Gasteiger partial charge is 0.458 e. The van der Waals surface area contributed by atoms with Crippen molar-refractivity contribution in [3.63, 3.8) is 0 Å². The lowest BCUT2D eigenvalue weighted by molar-refractivity contribution is 0.104.